The molecule has 0 aliphatic carbocycles. The summed E-state index contributed by atoms with van der Waals surface area (Å²) < 4.78 is 11.1. The number of epoxide rings is 1. The highest BCUT2D eigenvalue weighted by molar-refractivity contribution is 5.49. The number of methoxy groups -OCH3 is 1. The molecule has 1 fully saturated rings. The summed E-state index contributed by atoms with van der Waals surface area (Å²) in [6, 6.07) is 2.18. The minimum atomic E-state index is 0.453. The lowest BCUT2D eigenvalue weighted by atomic mass is 9.83. The van der Waals surface area contributed by atoms with Gasteiger partial charge in [0.05, 0.1) is 19.3 Å². The van der Waals surface area contributed by atoms with Crippen LogP contribution in [0.4, 0.5) is 0 Å². The van der Waals surface area contributed by atoms with Gasteiger partial charge in [0.15, 0.2) is 0 Å². The maximum atomic E-state index is 5.60. The van der Waals surface area contributed by atoms with E-state index >= 15 is 0 Å². The zero-order chi connectivity index (χ0) is 14.2. The van der Waals surface area contributed by atoms with Gasteiger partial charge in [0.2, 0.25) is 0 Å². The second-order valence-electron chi connectivity index (χ2n) is 5.78. The first-order valence-electron chi connectivity index (χ1n) is 7.29. The first kappa shape index (κ1) is 14.4. The Labute approximate surface area is 117 Å². The molecule has 0 saturated carbocycles. The third-order valence-electron chi connectivity index (χ3n) is 4.58. The van der Waals surface area contributed by atoms with Crippen molar-refractivity contribution >= 4 is 0 Å². The first-order valence-corrected chi connectivity index (χ1v) is 7.29. The van der Waals surface area contributed by atoms with Crippen LogP contribution in [0, 0.1) is 20.8 Å². The molecule has 1 saturated heterocycles. The van der Waals surface area contributed by atoms with Gasteiger partial charge in [-0.15, -0.1) is 0 Å². The molecule has 0 radical (unpaired) electrons. The molecule has 0 N–H and O–H groups in total. The van der Waals surface area contributed by atoms with Crippen LogP contribution in [-0.2, 0) is 4.74 Å². The van der Waals surface area contributed by atoms with Crippen molar-refractivity contribution in [1.82, 2.24) is 0 Å². The first-order chi connectivity index (χ1) is 8.99. The normalized spacial score (nSPS) is 23.3. The van der Waals surface area contributed by atoms with Crippen LogP contribution in [0.25, 0.3) is 0 Å². The third kappa shape index (κ3) is 2.79. The van der Waals surface area contributed by atoms with Crippen molar-refractivity contribution in [3.05, 3.63) is 28.3 Å². The van der Waals surface area contributed by atoms with Crippen LogP contribution in [-0.4, -0.2) is 19.3 Å². The quantitative estimate of drug-likeness (QED) is 0.738. The van der Waals surface area contributed by atoms with Crippen LogP contribution in [0.3, 0.4) is 0 Å². The van der Waals surface area contributed by atoms with E-state index in [2.05, 4.69) is 40.7 Å². The summed E-state index contributed by atoms with van der Waals surface area (Å²) in [5, 5.41) is 0. The Bertz CT molecular complexity index is 465. The maximum absolute atomic E-state index is 5.60. The highest BCUT2D eigenvalue weighted by atomic mass is 16.6. The van der Waals surface area contributed by atoms with E-state index in [1.54, 1.807) is 7.11 Å². The summed E-state index contributed by atoms with van der Waals surface area (Å²) in [7, 11) is 1.75. The number of hydrogen-bond acceptors (Lipinski definition) is 2. The van der Waals surface area contributed by atoms with E-state index in [1.807, 2.05) is 0 Å². The predicted molar refractivity (Wildman–Crippen MR) is 79.2 cm³/mol. The minimum absolute atomic E-state index is 0.453. The van der Waals surface area contributed by atoms with E-state index in [9.17, 15) is 0 Å². The molecule has 0 bridgehead atoms. The van der Waals surface area contributed by atoms with E-state index in [-0.39, 0.29) is 0 Å². The standard InChI is InChI=1S/C17H26O2/c1-7-14(9-16-13(5)19-16)17-10(2)8-15(18-6)11(3)12(17)4/h8,13-14,16H,7,9H2,1-6H3. The van der Waals surface area contributed by atoms with Gasteiger partial charge in [-0.25, -0.2) is 0 Å². The molecular formula is C17H26O2. The molecule has 3 atom stereocenters. The molecule has 3 unspecified atom stereocenters. The largest absolute Gasteiger partial charge is 0.496 e. The molecule has 1 heterocycles. The van der Waals surface area contributed by atoms with Crippen LogP contribution in [0.15, 0.2) is 6.07 Å². The Morgan fingerprint density at radius 2 is 1.89 bits per heavy atom. The molecule has 2 nitrogen and oxygen atoms in total. The summed E-state index contributed by atoms with van der Waals surface area (Å²) in [4.78, 5) is 0. The van der Waals surface area contributed by atoms with Crippen molar-refractivity contribution in [3.8, 4) is 5.75 Å². The van der Waals surface area contributed by atoms with Gasteiger partial charge in [-0.3, -0.25) is 0 Å². The fourth-order valence-electron chi connectivity index (χ4n) is 3.15. The molecule has 2 heteroatoms. The smallest absolute Gasteiger partial charge is 0.122 e. The Balaban J connectivity index is 2.33. The second-order valence-corrected chi connectivity index (χ2v) is 5.78. The van der Waals surface area contributed by atoms with E-state index in [1.165, 1.54) is 28.7 Å². The molecule has 0 spiro atoms. The Morgan fingerprint density at radius 1 is 1.26 bits per heavy atom. The van der Waals surface area contributed by atoms with Crippen molar-refractivity contribution in [2.24, 2.45) is 0 Å². The van der Waals surface area contributed by atoms with Gasteiger partial charge >= 0.3 is 0 Å². The Hall–Kier alpha value is -1.02. The number of ether oxygens (including phenoxy) is 2. The van der Waals surface area contributed by atoms with Crippen LogP contribution >= 0.6 is 0 Å². The highest BCUT2D eigenvalue weighted by Crippen LogP contribution is 2.39. The summed E-state index contributed by atoms with van der Waals surface area (Å²) >= 11 is 0. The molecule has 2 rings (SSSR count). The van der Waals surface area contributed by atoms with Crippen molar-refractivity contribution in [1.29, 1.82) is 0 Å². The molecule has 106 valence electrons. The topological polar surface area (TPSA) is 21.8 Å². The second kappa shape index (κ2) is 5.54. The van der Waals surface area contributed by atoms with Crippen molar-refractivity contribution < 1.29 is 9.47 Å². The molecule has 0 amide bonds. The Kier molecular flexibility index (Phi) is 4.19. The number of benzene rings is 1. The van der Waals surface area contributed by atoms with Crippen LogP contribution < -0.4 is 4.74 Å². The molecule has 1 aliphatic rings. The zero-order valence-electron chi connectivity index (χ0n) is 13.0. The van der Waals surface area contributed by atoms with Crippen LogP contribution in [0.2, 0.25) is 0 Å². The minimum Gasteiger partial charge on any atom is -0.496 e. The summed E-state index contributed by atoms with van der Waals surface area (Å²) in [6.45, 7) is 11.0. The lowest BCUT2D eigenvalue weighted by molar-refractivity contribution is 0.357. The number of hydrogen-bond donors (Lipinski definition) is 0. The molecule has 0 aromatic heterocycles. The van der Waals surface area contributed by atoms with Crippen molar-refractivity contribution in [3.63, 3.8) is 0 Å². The summed E-state index contributed by atoms with van der Waals surface area (Å²) in [5.41, 5.74) is 5.51. The average Bonchev–Trinajstić information content (AvgIpc) is 3.08. The van der Waals surface area contributed by atoms with Gasteiger partial charge in [0, 0.05) is 0 Å². The van der Waals surface area contributed by atoms with E-state index in [0.29, 0.717) is 18.1 Å². The molecule has 1 aliphatic heterocycles. The molecule has 19 heavy (non-hydrogen) atoms. The maximum Gasteiger partial charge on any atom is 0.122 e. The molecular weight excluding hydrogens is 236 g/mol. The molecule has 1 aromatic carbocycles. The van der Waals surface area contributed by atoms with Gasteiger partial charge in [0.25, 0.3) is 0 Å². The number of aryl methyl sites for hydroxylation is 1. The highest BCUT2D eigenvalue weighted by Gasteiger charge is 2.36. The fourth-order valence-corrected chi connectivity index (χ4v) is 3.15. The van der Waals surface area contributed by atoms with E-state index in [0.717, 1.165) is 12.2 Å². The molecule has 1 aromatic rings. The fraction of sp³-hybridized carbons (Fsp3) is 0.647. The van der Waals surface area contributed by atoms with Gasteiger partial charge in [0.1, 0.15) is 5.75 Å². The zero-order valence-corrected chi connectivity index (χ0v) is 13.0. The van der Waals surface area contributed by atoms with Gasteiger partial charge in [-0.1, -0.05) is 6.92 Å². The van der Waals surface area contributed by atoms with Gasteiger partial charge < -0.3 is 9.47 Å². The Morgan fingerprint density at radius 3 is 2.37 bits per heavy atom. The third-order valence-corrected chi connectivity index (χ3v) is 4.58. The summed E-state index contributed by atoms with van der Waals surface area (Å²) in [6.07, 6.45) is 3.23. The van der Waals surface area contributed by atoms with Gasteiger partial charge in [-0.05, 0) is 74.8 Å². The van der Waals surface area contributed by atoms with Crippen LogP contribution in [0.5, 0.6) is 5.75 Å². The SMILES string of the molecule is CCC(CC1OC1C)c1c(C)cc(OC)c(C)c1C. The van der Waals surface area contributed by atoms with Crippen molar-refractivity contribution in [2.75, 3.05) is 7.11 Å². The van der Waals surface area contributed by atoms with E-state index in [4.69, 9.17) is 9.47 Å². The lowest BCUT2D eigenvalue weighted by Gasteiger charge is -2.22. The number of rotatable bonds is 5. The summed E-state index contributed by atoms with van der Waals surface area (Å²) in [5.74, 6) is 1.60. The lowest BCUT2D eigenvalue weighted by Crippen LogP contribution is -2.08. The average molecular weight is 262 g/mol. The predicted octanol–water partition coefficient (Wildman–Crippen LogP) is 4.29. The monoisotopic (exact) mass is 262 g/mol. The van der Waals surface area contributed by atoms with Gasteiger partial charge in [-0.2, -0.15) is 0 Å². The van der Waals surface area contributed by atoms with E-state index < -0.39 is 0 Å². The van der Waals surface area contributed by atoms with Crippen LogP contribution in [0.1, 0.15) is 54.9 Å². The van der Waals surface area contributed by atoms with Crippen molar-refractivity contribution in [2.45, 2.75) is 65.6 Å².